The van der Waals surface area contributed by atoms with E-state index in [4.69, 9.17) is 5.73 Å². The summed E-state index contributed by atoms with van der Waals surface area (Å²) in [6.07, 6.45) is 2.72. The van der Waals surface area contributed by atoms with Gasteiger partial charge in [-0.05, 0) is 38.3 Å². The lowest BCUT2D eigenvalue weighted by molar-refractivity contribution is 0.0385. The van der Waals surface area contributed by atoms with Crippen molar-refractivity contribution >= 4 is 0 Å². The van der Waals surface area contributed by atoms with Crippen LogP contribution in [-0.2, 0) is 0 Å². The smallest absolute Gasteiger partial charge is 0.0667 e. The number of hydrogen-bond acceptors (Lipinski definition) is 3. The fraction of sp³-hybridized carbons (Fsp3) is 0.625. The molecular weight excluding hydrogens is 236 g/mol. The molecule has 0 bridgehead atoms. The van der Waals surface area contributed by atoms with Gasteiger partial charge in [-0.2, -0.15) is 0 Å². The summed E-state index contributed by atoms with van der Waals surface area (Å²) in [5.41, 5.74) is 8.88. The molecule has 3 N–H and O–H groups in total. The van der Waals surface area contributed by atoms with E-state index in [1.54, 1.807) is 0 Å². The lowest BCUT2D eigenvalue weighted by atomic mass is 9.93. The minimum Gasteiger partial charge on any atom is -0.392 e. The van der Waals surface area contributed by atoms with Gasteiger partial charge in [0, 0.05) is 18.6 Å². The van der Waals surface area contributed by atoms with Crippen LogP contribution in [-0.4, -0.2) is 35.2 Å². The summed E-state index contributed by atoms with van der Waals surface area (Å²) >= 11 is 0. The highest BCUT2D eigenvalue weighted by atomic mass is 16.3. The minimum absolute atomic E-state index is 0.119. The van der Waals surface area contributed by atoms with Gasteiger partial charge in [0.25, 0.3) is 0 Å². The second kappa shape index (κ2) is 6.51. The van der Waals surface area contributed by atoms with Crippen molar-refractivity contribution in [3.8, 4) is 0 Å². The third kappa shape index (κ3) is 3.56. The molecule has 1 saturated heterocycles. The second-order valence-electron chi connectivity index (χ2n) is 5.72. The normalized spacial score (nSPS) is 24.1. The van der Waals surface area contributed by atoms with Crippen molar-refractivity contribution < 1.29 is 5.11 Å². The van der Waals surface area contributed by atoms with Crippen LogP contribution < -0.4 is 5.73 Å². The maximum atomic E-state index is 9.89. The summed E-state index contributed by atoms with van der Waals surface area (Å²) in [5.74, 6) is 0. The van der Waals surface area contributed by atoms with Gasteiger partial charge in [-0.15, -0.1) is 0 Å². The number of nitrogens with two attached hydrogens (primary N) is 1. The van der Waals surface area contributed by atoms with Gasteiger partial charge < -0.3 is 10.8 Å². The number of hydrogen-bond donors (Lipinski definition) is 2. The van der Waals surface area contributed by atoms with Crippen LogP contribution in [0.4, 0.5) is 0 Å². The third-order valence-corrected chi connectivity index (χ3v) is 4.12. The Kier molecular flexibility index (Phi) is 4.97. The average molecular weight is 262 g/mol. The van der Waals surface area contributed by atoms with Gasteiger partial charge in [0.15, 0.2) is 0 Å². The number of nitrogens with zero attached hydrogens (tertiary/aromatic N) is 1. The van der Waals surface area contributed by atoms with Crippen LogP contribution in [0.1, 0.15) is 43.4 Å². The molecule has 0 saturated carbocycles. The van der Waals surface area contributed by atoms with Crippen LogP contribution in [0.3, 0.4) is 0 Å². The Hall–Kier alpha value is -0.900. The molecule has 0 spiro atoms. The van der Waals surface area contributed by atoms with E-state index in [1.165, 1.54) is 11.1 Å². The van der Waals surface area contributed by atoms with Gasteiger partial charge in [0.1, 0.15) is 0 Å². The van der Waals surface area contributed by atoms with Crippen molar-refractivity contribution in [2.24, 2.45) is 5.73 Å². The monoisotopic (exact) mass is 262 g/mol. The molecule has 1 aromatic rings. The largest absolute Gasteiger partial charge is 0.392 e. The van der Waals surface area contributed by atoms with Crippen LogP contribution in [0.2, 0.25) is 0 Å². The molecule has 3 heteroatoms. The molecular formula is C16H26N2O. The van der Waals surface area contributed by atoms with Crippen molar-refractivity contribution in [3.05, 3.63) is 35.4 Å². The molecule has 1 aliphatic heterocycles. The zero-order valence-corrected chi connectivity index (χ0v) is 12.0. The Labute approximate surface area is 116 Å². The maximum absolute atomic E-state index is 9.89. The Morgan fingerprint density at radius 3 is 2.63 bits per heavy atom. The fourth-order valence-electron chi connectivity index (χ4n) is 2.95. The molecule has 1 aliphatic rings. The first-order valence-corrected chi connectivity index (χ1v) is 7.36. The molecule has 1 fully saturated rings. The Morgan fingerprint density at radius 2 is 2.05 bits per heavy atom. The zero-order valence-electron chi connectivity index (χ0n) is 12.0. The van der Waals surface area contributed by atoms with Crippen molar-refractivity contribution in [1.82, 2.24) is 4.90 Å². The molecule has 3 nitrogen and oxygen atoms in total. The van der Waals surface area contributed by atoms with Crippen LogP contribution in [0.25, 0.3) is 0 Å². The van der Waals surface area contributed by atoms with E-state index >= 15 is 0 Å². The molecule has 19 heavy (non-hydrogen) atoms. The van der Waals surface area contributed by atoms with E-state index in [0.717, 1.165) is 32.4 Å². The van der Waals surface area contributed by atoms with Crippen LogP contribution in [0, 0.1) is 6.92 Å². The fourth-order valence-corrected chi connectivity index (χ4v) is 2.95. The quantitative estimate of drug-likeness (QED) is 0.875. The van der Waals surface area contributed by atoms with E-state index in [9.17, 15) is 5.11 Å². The minimum atomic E-state index is -0.203. The zero-order chi connectivity index (χ0) is 13.8. The summed E-state index contributed by atoms with van der Waals surface area (Å²) in [4.78, 5) is 2.35. The molecule has 3 unspecified atom stereocenters. The van der Waals surface area contributed by atoms with E-state index in [0.29, 0.717) is 0 Å². The average Bonchev–Trinajstić information content (AvgIpc) is 2.41. The predicted molar refractivity (Wildman–Crippen MR) is 79.0 cm³/mol. The Bertz CT molecular complexity index is 390. The van der Waals surface area contributed by atoms with Crippen LogP contribution in [0.15, 0.2) is 24.3 Å². The molecule has 3 atom stereocenters. The van der Waals surface area contributed by atoms with Gasteiger partial charge >= 0.3 is 0 Å². The number of β-amino-alcohol motifs (C(OH)–C–C–N with tert-alkyl or cyclic N) is 1. The van der Waals surface area contributed by atoms with E-state index in [-0.39, 0.29) is 18.2 Å². The van der Waals surface area contributed by atoms with Crippen molar-refractivity contribution in [2.45, 2.75) is 51.3 Å². The Balaban J connectivity index is 2.22. The third-order valence-electron chi connectivity index (χ3n) is 4.12. The lowest BCUT2D eigenvalue weighted by Crippen LogP contribution is -2.47. The molecule has 0 amide bonds. The first-order chi connectivity index (χ1) is 9.11. The second-order valence-corrected chi connectivity index (χ2v) is 5.72. The van der Waals surface area contributed by atoms with E-state index in [2.05, 4.69) is 43.0 Å². The van der Waals surface area contributed by atoms with E-state index in [1.807, 2.05) is 0 Å². The first-order valence-electron chi connectivity index (χ1n) is 7.36. The molecule has 2 rings (SSSR count). The highest BCUT2D eigenvalue weighted by Crippen LogP contribution is 2.28. The highest BCUT2D eigenvalue weighted by molar-refractivity contribution is 5.25. The molecule has 0 aliphatic carbocycles. The molecule has 1 aromatic carbocycles. The number of aliphatic hydroxyl groups excluding tert-OH is 1. The SMILES string of the molecule is CCC(N)C(c1ccc(C)cc1)N1CCCC(O)C1. The van der Waals surface area contributed by atoms with Gasteiger partial charge in [-0.25, -0.2) is 0 Å². The van der Waals surface area contributed by atoms with Gasteiger partial charge in [-0.1, -0.05) is 36.8 Å². The first kappa shape index (κ1) is 14.5. The highest BCUT2D eigenvalue weighted by Gasteiger charge is 2.29. The molecule has 1 heterocycles. The van der Waals surface area contributed by atoms with Crippen LogP contribution in [0.5, 0.6) is 0 Å². The number of aliphatic hydroxyl groups is 1. The Morgan fingerprint density at radius 1 is 1.37 bits per heavy atom. The summed E-state index contributed by atoms with van der Waals surface area (Å²) in [5, 5.41) is 9.89. The number of piperidine rings is 1. The van der Waals surface area contributed by atoms with Gasteiger partial charge in [0.05, 0.1) is 6.10 Å². The molecule has 0 aromatic heterocycles. The maximum Gasteiger partial charge on any atom is 0.0667 e. The number of benzene rings is 1. The van der Waals surface area contributed by atoms with Gasteiger partial charge in [0.2, 0.25) is 0 Å². The summed E-state index contributed by atoms with van der Waals surface area (Å²) in [6, 6.07) is 8.98. The summed E-state index contributed by atoms with van der Waals surface area (Å²) in [6.45, 7) is 6.00. The van der Waals surface area contributed by atoms with Gasteiger partial charge in [-0.3, -0.25) is 4.90 Å². The standard InChI is InChI=1S/C16H26N2O/c1-3-15(17)16(13-8-6-12(2)7-9-13)18-10-4-5-14(19)11-18/h6-9,14-16,19H,3-5,10-11,17H2,1-2H3. The summed E-state index contributed by atoms with van der Waals surface area (Å²) in [7, 11) is 0. The summed E-state index contributed by atoms with van der Waals surface area (Å²) < 4.78 is 0. The molecule has 0 radical (unpaired) electrons. The lowest BCUT2D eigenvalue weighted by Gasteiger charge is -2.39. The number of rotatable bonds is 4. The number of likely N-dealkylation sites (tertiary alicyclic amines) is 1. The predicted octanol–water partition coefficient (Wildman–Crippen LogP) is 2.23. The van der Waals surface area contributed by atoms with E-state index < -0.39 is 0 Å². The van der Waals surface area contributed by atoms with Crippen molar-refractivity contribution in [2.75, 3.05) is 13.1 Å². The van der Waals surface area contributed by atoms with Crippen molar-refractivity contribution in [3.63, 3.8) is 0 Å². The van der Waals surface area contributed by atoms with Crippen molar-refractivity contribution in [1.29, 1.82) is 0 Å². The molecule has 106 valence electrons. The number of aryl methyl sites for hydroxylation is 1. The topological polar surface area (TPSA) is 49.5 Å². The van der Waals surface area contributed by atoms with Crippen LogP contribution >= 0.6 is 0 Å².